The minimum atomic E-state index is 0. The van der Waals surface area contributed by atoms with Gasteiger partial charge in [0.2, 0.25) is 5.91 Å². The largest absolute Gasteiger partial charge is 0.382 e. The number of rotatable bonds is 7. The topological polar surface area (TPSA) is 55.6 Å². The van der Waals surface area contributed by atoms with Crippen molar-refractivity contribution in [1.29, 1.82) is 0 Å². The highest BCUT2D eigenvalue weighted by Gasteiger charge is 2.13. The second-order valence-corrected chi connectivity index (χ2v) is 3.39. The smallest absolute Gasteiger partial charge is 0.222 e. The zero-order valence-electron chi connectivity index (χ0n) is 9.86. The SMILES string of the molecule is CCOCCCC(=O)N(C)C(C)CN.Cl. The molecule has 0 bridgehead atoms. The molecular weight excluding hydrogens is 216 g/mol. The van der Waals surface area contributed by atoms with E-state index in [9.17, 15) is 4.79 Å². The van der Waals surface area contributed by atoms with E-state index in [0.29, 0.717) is 26.2 Å². The van der Waals surface area contributed by atoms with Crippen LogP contribution in [0.1, 0.15) is 26.7 Å². The number of hydrogen-bond acceptors (Lipinski definition) is 3. The first-order chi connectivity index (χ1) is 6.63. The standard InChI is InChI=1S/C10H22N2O2.ClH/c1-4-14-7-5-6-10(13)12(3)9(2)8-11;/h9H,4-8,11H2,1-3H3;1H. The molecule has 92 valence electrons. The van der Waals surface area contributed by atoms with Crippen molar-refractivity contribution < 1.29 is 9.53 Å². The maximum absolute atomic E-state index is 11.5. The Bertz CT molecular complexity index is 168. The third-order valence-electron chi connectivity index (χ3n) is 2.28. The molecule has 2 N–H and O–H groups in total. The molecule has 0 aliphatic carbocycles. The molecule has 0 aromatic carbocycles. The van der Waals surface area contributed by atoms with Gasteiger partial charge in [-0.05, 0) is 20.3 Å². The van der Waals surface area contributed by atoms with Crippen LogP contribution in [-0.4, -0.2) is 43.7 Å². The fraction of sp³-hybridized carbons (Fsp3) is 0.900. The highest BCUT2D eigenvalue weighted by atomic mass is 35.5. The zero-order valence-corrected chi connectivity index (χ0v) is 10.7. The van der Waals surface area contributed by atoms with Gasteiger partial charge in [-0.2, -0.15) is 0 Å². The minimum Gasteiger partial charge on any atom is -0.382 e. The minimum absolute atomic E-state index is 0. The Hall–Kier alpha value is -0.320. The van der Waals surface area contributed by atoms with Gasteiger partial charge in [-0.3, -0.25) is 4.79 Å². The lowest BCUT2D eigenvalue weighted by atomic mass is 10.2. The van der Waals surface area contributed by atoms with Crippen molar-refractivity contribution in [1.82, 2.24) is 4.90 Å². The van der Waals surface area contributed by atoms with Crippen LogP contribution in [0.4, 0.5) is 0 Å². The highest BCUT2D eigenvalue weighted by Crippen LogP contribution is 2.00. The molecule has 0 saturated heterocycles. The fourth-order valence-electron chi connectivity index (χ4n) is 1.05. The average Bonchev–Trinajstić information content (AvgIpc) is 2.21. The van der Waals surface area contributed by atoms with Crippen molar-refractivity contribution in [3.05, 3.63) is 0 Å². The Morgan fingerprint density at radius 1 is 1.53 bits per heavy atom. The zero-order chi connectivity index (χ0) is 11.0. The summed E-state index contributed by atoms with van der Waals surface area (Å²) in [4.78, 5) is 13.2. The molecule has 0 fully saturated rings. The summed E-state index contributed by atoms with van der Waals surface area (Å²) in [6.07, 6.45) is 1.33. The first kappa shape index (κ1) is 17.1. The van der Waals surface area contributed by atoms with Crippen molar-refractivity contribution >= 4 is 18.3 Å². The lowest BCUT2D eigenvalue weighted by Gasteiger charge is -2.23. The number of amides is 1. The first-order valence-corrected chi connectivity index (χ1v) is 5.17. The molecule has 1 amide bonds. The van der Waals surface area contributed by atoms with E-state index in [4.69, 9.17) is 10.5 Å². The number of nitrogens with two attached hydrogens (primary N) is 1. The molecule has 5 heteroatoms. The molecule has 1 atom stereocenters. The molecule has 0 rings (SSSR count). The molecule has 1 unspecified atom stereocenters. The first-order valence-electron chi connectivity index (χ1n) is 5.17. The summed E-state index contributed by atoms with van der Waals surface area (Å²) < 4.78 is 5.16. The summed E-state index contributed by atoms with van der Waals surface area (Å²) >= 11 is 0. The molecule has 0 aromatic rings. The van der Waals surface area contributed by atoms with Crippen molar-refractivity contribution in [2.75, 3.05) is 26.8 Å². The van der Waals surface area contributed by atoms with Crippen molar-refractivity contribution in [2.45, 2.75) is 32.7 Å². The van der Waals surface area contributed by atoms with Gasteiger partial charge in [0.15, 0.2) is 0 Å². The second kappa shape index (κ2) is 10.2. The molecule has 0 heterocycles. The highest BCUT2D eigenvalue weighted by molar-refractivity contribution is 5.85. The Morgan fingerprint density at radius 3 is 2.60 bits per heavy atom. The molecule has 15 heavy (non-hydrogen) atoms. The monoisotopic (exact) mass is 238 g/mol. The Labute approximate surface area is 98.6 Å². The summed E-state index contributed by atoms with van der Waals surface area (Å²) in [7, 11) is 1.79. The van der Waals surface area contributed by atoms with E-state index in [1.165, 1.54) is 0 Å². The van der Waals surface area contributed by atoms with E-state index in [1.807, 2.05) is 13.8 Å². The van der Waals surface area contributed by atoms with Crippen LogP contribution in [0.3, 0.4) is 0 Å². The normalized spacial score (nSPS) is 11.7. The quantitative estimate of drug-likeness (QED) is 0.674. The van der Waals surface area contributed by atoms with E-state index in [-0.39, 0.29) is 24.4 Å². The third-order valence-corrected chi connectivity index (χ3v) is 2.28. The number of ether oxygens (including phenoxy) is 1. The van der Waals surface area contributed by atoms with Gasteiger partial charge in [0.05, 0.1) is 0 Å². The van der Waals surface area contributed by atoms with Crippen LogP contribution in [-0.2, 0) is 9.53 Å². The van der Waals surface area contributed by atoms with Gasteiger partial charge in [-0.1, -0.05) is 0 Å². The number of carbonyl (C=O) groups is 1. The number of nitrogens with zero attached hydrogens (tertiary/aromatic N) is 1. The van der Waals surface area contributed by atoms with Crippen LogP contribution in [0.5, 0.6) is 0 Å². The fourth-order valence-corrected chi connectivity index (χ4v) is 1.05. The van der Waals surface area contributed by atoms with Crippen LogP contribution in [0, 0.1) is 0 Å². The predicted octanol–water partition coefficient (Wildman–Crippen LogP) is 1.03. The summed E-state index contributed by atoms with van der Waals surface area (Å²) in [6.45, 7) is 5.77. The Balaban J connectivity index is 0. The number of halogens is 1. The van der Waals surface area contributed by atoms with Crippen molar-refractivity contribution in [2.24, 2.45) is 5.73 Å². The molecule has 0 radical (unpaired) electrons. The van der Waals surface area contributed by atoms with Crippen molar-refractivity contribution in [3.8, 4) is 0 Å². The van der Waals surface area contributed by atoms with Crippen LogP contribution in [0.25, 0.3) is 0 Å². The predicted molar refractivity (Wildman–Crippen MR) is 64.3 cm³/mol. The molecular formula is C10H23ClN2O2. The van der Waals surface area contributed by atoms with Gasteiger partial charge in [-0.25, -0.2) is 0 Å². The lowest BCUT2D eigenvalue weighted by Crippen LogP contribution is -2.39. The average molecular weight is 239 g/mol. The molecule has 0 aliphatic rings. The number of likely N-dealkylation sites (N-methyl/N-ethyl adjacent to an activating group) is 1. The second-order valence-electron chi connectivity index (χ2n) is 3.39. The van der Waals surface area contributed by atoms with Gasteiger partial charge in [0, 0.05) is 39.3 Å². The number of carbonyl (C=O) groups excluding carboxylic acids is 1. The van der Waals surface area contributed by atoms with Crippen LogP contribution < -0.4 is 5.73 Å². The van der Waals surface area contributed by atoms with Gasteiger partial charge >= 0.3 is 0 Å². The number of hydrogen-bond donors (Lipinski definition) is 1. The van der Waals surface area contributed by atoms with E-state index < -0.39 is 0 Å². The van der Waals surface area contributed by atoms with Gasteiger partial charge in [-0.15, -0.1) is 12.4 Å². The van der Waals surface area contributed by atoms with Crippen molar-refractivity contribution in [3.63, 3.8) is 0 Å². The van der Waals surface area contributed by atoms with E-state index in [0.717, 1.165) is 6.42 Å². The molecule has 0 aromatic heterocycles. The van der Waals surface area contributed by atoms with Gasteiger partial charge in [0.25, 0.3) is 0 Å². The maximum Gasteiger partial charge on any atom is 0.222 e. The van der Waals surface area contributed by atoms with Crippen LogP contribution >= 0.6 is 12.4 Å². The Kier molecular flexibility index (Phi) is 11.6. The van der Waals surface area contributed by atoms with Crippen LogP contribution in [0.15, 0.2) is 0 Å². The summed E-state index contributed by atoms with van der Waals surface area (Å²) in [6, 6.07) is 0.120. The van der Waals surface area contributed by atoms with E-state index >= 15 is 0 Å². The van der Waals surface area contributed by atoms with Gasteiger partial charge in [0.1, 0.15) is 0 Å². The molecule has 4 nitrogen and oxygen atoms in total. The summed E-state index contributed by atoms with van der Waals surface area (Å²) in [5.41, 5.74) is 5.47. The maximum atomic E-state index is 11.5. The lowest BCUT2D eigenvalue weighted by molar-refractivity contribution is -0.131. The summed E-state index contributed by atoms with van der Waals surface area (Å²) in [5, 5.41) is 0. The van der Waals surface area contributed by atoms with Gasteiger partial charge < -0.3 is 15.4 Å². The van der Waals surface area contributed by atoms with E-state index in [2.05, 4.69) is 0 Å². The Morgan fingerprint density at radius 2 is 2.13 bits per heavy atom. The molecule has 0 spiro atoms. The van der Waals surface area contributed by atoms with E-state index in [1.54, 1.807) is 11.9 Å². The summed E-state index contributed by atoms with van der Waals surface area (Å²) in [5.74, 6) is 0.141. The van der Waals surface area contributed by atoms with Crippen LogP contribution in [0.2, 0.25) is 0 Å². The molecule has 0 aliphatic heterocycles. The molecule has 0 saturated carbocycles. The third kappa shape index (κ3) is 7.59.